The van der Waals surface area contributed by atoms with E-state index in [1.54, 1.807) is 0 Å². The molecular weight excluding hydrogens is 723 g/mol. The SMILES string of the molecule is [Br-].[Br-].[Pd+2].c1ccc(C[C@H]2N=C(CC3=N[C@H](Cc4ccccc4)C4(CCCCCC4)O3)OC23CCCCCC3)cc1. The molecule has 2 aliphatic carbocycles. The predicted molar refractivity (Wildman–Crippen MR) is 150 cm³/mol. The Bertz CT molecular complexity index is 1010. The summed E-state index contributed by atoms with van der Waals surface area (Å²) in [5.41, 5.74) is 2.37. The molecule has 2 atom stereocenters. The van der Waals surface area contributed by atoms with E-state index >= 15 is 0 Å². The average Bonchev–Trinajstić information content (AvgIpc) is 3.17. The second-order valence-corrected chi connectivity index (χ2v) is 11.8. The van der Waals surface area contributed by atoms with Crippen LogP contribution >= 0.6 is 0 Å². The third kappa shape index (κ3) is 7.68. The fourth-order valence-electron chi connectivity index (χ4n) is 7.20. The number of ether oxygens (including phenoxy) is 2. The van der Waals surface area contributed by atoms with E-state index in [1.165, 1.54) is 62.5 Å². The van der Waals surface area contributed by atoms with Gasteiger partial charge >= 0.3 is 20.4 Å². The third-order valence-corrected chi connectivity index (χ3v) is 9.20. The van der Waals surface area contributed by atoms with E-state index in [0.29, 0.717) is 6.42 Å². The van der Waals surface area contributed by atoms with Crippen LogP contribution in [0.15, 0.2) is 70.6 Å². The monoisotopic (exact) mass is 762 g/mol. The second-order valence-electron chi connectivity index (χ2n) is 11.8. The Morgan fingerprint density at radius 1 is 0.550 bits per heavy atom. The van der Waals surface area contributed by atoms with Gasteiger partial charge in [0.2, 0.25) is 0 Å². The van der Waals surface area contributed by atoms with Gasteiger partial charge in [-0.3, -0.25) is 0 Å². The molecule has 2 aromatic rings. The maximum absolute atomic E-state index is 6.86. The molecule has 0 radical (unpaired) electrons. The Morgan fingerprint density at radius 2 is 0.900 bits per heavy atom. The van der Waals surface area contributed by atoms with Crippen LogP contribution in [0.3, 0.4) is 0 Å². The van der Waals surface area contributed by atoms with Crippen LogP contribution in [0.25, 0.3) is 0 Å². The van der Waals surface area contributed by atoms with E-state index in [2.05, 4.69) is 60.7 Å². The first-order chi connectivity index (χ1) is 18.2. The second kappa shape index (κ2) is 15.5. The normalized spacial score (nSPS) is 24.6. The minimum atomic E-state index is -0.162. The fourth-order valence-corrected chi connectivity index (χ4v) is 7.20. The van der Waals surface area contributed by atoms with Crippen LogP contribution in [0.4, 0.5) is 0 Å². The van der Waals surface area contributed by atoms with Crippen LogP contribution < -0.4 is 34.0 Å². The Hall–Kier alpha value is -0.998. The molecule has 2 fully saturated rings. The quantitative estimate of drug-likeness (QED) is 0.421. The van der Waals surface area contributed by atoms with Crippen molar-refractivity contribution in [2.75, 3.05) is 0 Å². The molecule has 40 heavy (non-hydrogen) atoms. The maximum Gasteiger partial charge on any atom is 2.00 e. The van der Waals surface area contributed by atoms with Gasteiger partial charge in [-0.05, 0) is 75.3 Å². The molecule has 4 nitrogen and oxygen atoms in total. The molecule has 0 saturated heterocycles. The van der Waals surface area contributed by atoms with E-state index < -0.39 is 0 Å². The summed E-state index contributed by atoms with van der Waals surface area (Å²) in [5, 5.41) is 0. The standard InChI is InChI=1S/C33H42N2O2.2BrH.Pd/c1-2-12-20-32(19-11-1)28(23-26-15-7-5-8-16-26)34-30(36-32)25-31-35-29(24-27-17-9-6-10-18-27)33(37-31)21-13-3-4-14-22-33;;;/h5-10,15-18,28-29H,1-4,11-14,19-25H2;2*1H;/q;;;+2/p-2/t28-,29-;;;/m1.../s1. The maximum atomic E-state index is 6.86. The summed E-state index contributed by atoms with van der Waals surface area (Å²) in [6.45, 7) is 0. The average molecular weight is 765 g/mol. The Balaban J connectivity index is 0.00000147. The molecule has 7 heteroatoms. The minimum Gasteiger partial charge on any atom is -1.00 e. The summed E-state index contributed by atoms with van der Waals surface area (Å²) < 4.78 is 13.7. The Morgan fingerprint density at radius 3 is 1.25 bits per heavy atom. The molecule has 0 amide bonds. The first kappa shape index (κ1) is 33.5. The molecular formula is C33H42Br2N2O2Pd. The molecule has 4 aliphatic rings. The van der Waals surface area contributed by atoms with Gasteiger partial charge < -0.3 is 43.4 Å². The number of hydrogen-bond acceptors (Lipinski definition) is 4. The van der Waals surface area contributed by atoms with Gasteiger partial charge in [0.1, 0.15) is 11.2 Å². The molecule has 2 spiro atoms. The zero-order valence-electron chi connectivity index (χ0n) is 23.3. The number of benzene rings is 2. The van der Waals surface area contributed by atoms with Gasteiger partial charge in [0.25, 0.3) is 0 Å². The van der Waals surface area contributed by atoms with Crippen molar-refractivity contribution in [2.45, 2.75) is 120 Å². The van der Waals surface area contributed by atoms with Crippen LogP contribution in [0.5, 0.6) is 0 Å². The van der Waals surface area contributed by atoms with Crippen molar-refractivity contribution in [3.05, 3.63) is 71.8 Å². The molecule has 2 aliphatic heterocycles. The van der Waals surface area contributed by atoms with E-state index in [9.17, 15) is 0 Å². The molecule has 0 N–H and O–H groups in total. The summed E-state index contributed by atoms with van der Waals surface area (Å²) in [6, 6.07) is 22.0. The van der Waals surface area contributed by atoms with Crippen molar-refractivity contribution in [1.82, 2.24) is 0 Å². The van der Waals surface area contributed by atoms with E-state index in [0.717, 1.165) is 50.3 Å². The smallest absolute Gasteiger partial charge is 1.00 e. The minimum absolute atomic E-state index is 0. The zero-order valence-corrected chi connectivity index (χ0v) is 28.0. The summed E-state index contributed by atoms with van der Waals surface area (Å²) in [6.07, 6.45) is 17.0. The summed E-state index contributed by atoms with van der Waals surface area (Å²) in [7, 11) is 0. The molecule has 220 valence electrons. The molecule has 0 unspecified atom stereocenters. The van der Waals surface area contributed by atoms with Crippen LogP contribution in [0.2, 0.25) is 0 Å². The van der Waals surface area contributed by atoms with Gasteiger partial charge in [-0.1, -0.05) is 86.3 Å². The van der Waals surface area contributed by atoms with E-state index in [-0.39, 0.29) is 77.7 Å². The molecule has 2 aromatic carbocycles. The van der Waals surface area contributed by atoms with Gasteiger partial charge in [0.15, 0.2) is 11.8 Å². The topological polar surface area (TPSA) is 43.2 Å². The van der Waals surface area contributed by atoms with Gasteiger partial charge in [0.05, 0.1) is 18.5 Å². The third-order valence-electron chi connectivity index (χ3n) is 9.20. The molecule has 0 aromatic heterocycles. The van der Waals surface area contributed by atoms with E-state index in [4.69, 9.17) is 19.5 Å². The van der Waals surface area contributed by atoms with Crippen LogP contribution in [-0.2, 0) is 42.7 Å². The number of rotatable bonds is 6. The number of halogens is 2. The van der Waals surface area contributed by atoms with Crippen molar-refractivity contribution in [2.24, 2.45) is 9.98 Å². The first-order valence-corrected chi connectivity index (χ1v) is 14.8. The van der Waals surface area contributed by atoms with Gasteiger partial charge in [-0.25, -0.2) is 9.98 Å². The van der Waals surface area contributed by atoms with Gasteiger partial charge in [-0.15, -0.1) is 0 Å². The molecule has 2 heterocycles. The Kier molecular flexibility index (Phi) is 13.0. The van der Waals surface area contributed by atoms with Crippen molar-refractivity contribution < 1.29 is 63.9 Å². The van der Waals surface area contributed by atoms with Gasteiger partial charge in [0, 0.05) is 0 Å². The molecule has 6 rings (SSSR count). The summed E-state index contributed by atoms with van der Waals surface area (Å²) in [4.78, 5) is 10.5. The largest absolute Gasteiger partial charge is 2.00 e. The molecule has 0 bridgehead atoms. The summed E-state index contributed by atoms with van der Waals surface area (Å²) >= 11 is 0. The summed E-state index contributed by atoms with van der Waals surface area (Å²) in [5.74, 6) is 1.71. The molecule has 2 saturated carbocycles. The number of nitrogens with zero attached hydrogens (tertiary/aromatic N) is 2. The van der Waals surface area contributed by atoms with Gasteiger partial charge in [-0.2, -0.15) is 0 Å². The van der Waals surface area contributed by atoms with Crippen molar-refractivity contribution in [3.63, 3.8) is 0 Å². The van der Waals surface area contributed by atoms with Crippen LogP contribution in [0, 0.1) is 0 Å². The Labute approximate surface area is 275 Å². The van der Waals surface area contributed by atoms with Crippen LogP contribution in [0.1, 0.15) is 94.6 Å². The zero-order chi connectivity index (χ0) is 25.0. The predicted octanol–water partition coefficient (Wildman–Crippen LogP) is 1.65. The van der Waals surface area contributed by atoms with E-state index in [1.807, 2.05) is 0 Å². The fraction of sp³-hybridized carbons (Fsp3) is 0.576. The van der Waals surface area contributed by atoms with Crippen molar-refractivity contribution in [3.8, 4) is 0 Å². The van der Waals surface area contributed by atoms with Crippen molar-refractivity contribution >= 4 is 11.8 Å². The van der Waals surface area contributed by atoms with Crippen LogP contribution in [-0.4, -0.2) is 35.1 Å². The number of aliphatic imine (C=N–C) groups is 2. The number of hydrogen-bond donors (Lipinski definition) is 0. The van der Waals surface area contributed by atoms with Crippen molar-refractivity contribution in [1.29, 1.82) is 0 Å². The first-order valence-electron chi connectivity index (χ1n) is 14.8.